The standard InChI is InChI=1S/C33H33N3O5/c1-3-40-28-16-11-24(12-17-28)21-26-8-6-10-30-32(26)34-35(33(30)25-14-18-29(19-15-25)41-4-2)31(37)20-13-23-7-5-9-27(22-23)36(38)39/h5,7,9,11-22,30,33H,3-4,6,8,10H2,1-2H3/b20-13+,26-21-/t30-,33-/m0/s1. The lowest BCUT2D eigenvalue weighted by atomic mass is 9.77. The van der Waals surface area contributed by atoms with Crippen LogP contribution < -0.4 is 9.47 Å². The molecule has 1 aliphatic heterocycles. The maximum Gasteiger partial charge on any atom is 0.270 e. The number of hydrazone groups is 1. The van der Waals surface area contributed by atoms with Gasteiger partial charge >= 0.3 is 0 Å². The van der Waals surface area contributed by atoms with E-state index in [1.807, 2.05) is 62.4 Å². The van der Waals surface area contributed by atoms with Crippen molar-refractivity contribution in [3.05, 3.63) is 111 Å². The van der Waals surface area contributed by atoms with Crippen LogP contribution in [0.5, 0.6) is 11.5 Å². The molecule has 0 saturated heterocycles. The maximum atomic E-state index is 13.6. The van der Waals surface area contributed by atoms with Crippen LogP contribution in [-0.4, -0.2) is 34.8 Å². The van der Waals surface area contributed by atoms with Crippen molar-refractivity contribution in [1.29, 1.82) is 0 Å². The molecule has 8 nitrogen and oxygen atoms in total. The van der Waals surface area contributed by atoms with Gasteiger partial charge in [-0.05, 0) is 91.8 Å². The molecule has 210 valence electrons. The van der Waals surface area contributed by atoms with E-state index in [9.17, 15) is 14.9 Å². The molecule has 41 heavy (non-hydrogen) atoms. The third-order valence-corrected chi connectivity index (χ3v) is 7.29. The Labute approximate surface area is 239 Å². The molecule has 0 radical (unpaired) electrons. The highest BCUT2D eigenvalue weighted by molar-refractivity contribution is 6.08. The zero-order valence-electron chi connectivity index (χ0n) is 23.2. The normalized spacial score (nSPS) is 19.2. The summed E-state index contributed by atoms with van der Waals surface area (Å²) in [5.74, 6) is 1.37. The SMILES string of the molecule is CCOc1ccc(/C=C2/CCC[C@H]3C2=NN(C(=O)/C=C/c2cccc([N+](=O)[O-])c2)[C@H]3c2ccc(OCC)cc2)cc1. The van der Waals surface area contributed by atoms with Crippen LogP contribution in [0.2, 0.25) is 0 Å². The zero-order chi connectivity index (χ0) is 28.8. The molecule has 1 saturated carbocycles. The van der Waals surface area contributed by atoms with Gasteiger partial charge in [0.15, 0.2) is 0 Å². The second-order valence-electron chi connectivity index (χ2n) is 9.97. The summed E-state index contributed by atoms with van der Waals surface area (Å²) in [6, 6.07) is 21.8. The molecule has 0 aromatic heterocycles. The fraction of sp³-hybridized carbons (Fsp3) is 0.273. The van der Waals surface area contributed by atoms with Crippen molar-refractivity contribution in [3.63, 3.8) is 0 Å². The summed E-state index contributed by atoms with van der Waals surface area (Å²) in [5, 5.41) is 17.7. The number of nitro benzene ring substituents is 1. The number of nitrogens with zero attached hydrogens (tertiary/aromatic N) is 3. The Morgan fingerprint density at radius 1 is 1.00 bits per heavy atom. The molecule has 0 unspecified atom stereocenters. The summed E-state index contributed by atoms with van der Waals surface area (Å²) in [7, 11) is 0. The van der Waals surface area contributed by atoms with E-state index >= 15 is 0 Å². The summed E-state index contributed by atoms with van der Waals surface area (Å²) in [6.07, 6.45) is 7.98. The second kappa shape index (κ2) is 12.6. The predicted octanol–water partition coefficient (Wildman–Crippen LogP) is 7.23. The van der Waals surface area contributed by atoms with Gasteiger partial charge in [0, 0.05) is 24.1 Å². The van der Waals surface area contributed by atoms with Crippen molar-refractivity contribution < 1.29 is 19.2 Å². The molecule has 8 heteroatoms. The van der Waals surface area contributed by atoms with E-state index in [-0.39, 0.29) is 23.6 Å². The molecule has 1 amide bonds. The van der Waals surface area contributed by atoms with Gasteiger partial charge in [0.2, 0.25) is 0 Å². The number of allylic oxidation sites excluding steroid dienone is 1. The predicted molar refractivity (Wildman–Crippen MR) is 160 cm³/mol. The van der Waals surface area contributed by atoms with Crippen LogP contribution in [0.15, 0.2) is 89.5 Å². The lowest BCUT2D eigenvalue weighted by Crippen LogP contribution is -2.30. The minimum Gasteiger partial charge on any atom is -0.494 e. The average Bonchev–Trinajstić information content (AvgIpc) is 3.39. The lowest BCUT2D eigenvalue weighted by Gasteiger charge is -2.29. The first-order valence-electron chi connectivity index (χ1n) is 14.0. The zero-order valence-corrected chi connectivity index (χ0v) is 23.2. The van der Waals surface area contributed by atoms with Gasteiger partial charge < -0.3 is 9.47 Å². The fourth-order valence-electron chi connectivity index (χ4n) is 5.46. The molecular formula is C33H33N3O5. The summed E-state index contributed by atoms with van der Waals surface area (Å²) in [5.41, 5.74) is 4.64. The molecule has 5 rings (SSSR count). The highest BCUT2D eigenvalue weighted by Crippen LogP contribution is 2.44. The Morgan fingerprint density at radius 2 is 1.68 bits per heavy atom. The monoisotopic (exact) mass is 551 g/mol. The topological polar surface area (TPSA) is 94.3 Å². The number of hydrogen-bond donors (Lipinski definition) is 0. The second-order valence-corrected chi connectivity index (χ2v) is 9.97. The maximum absolute atomic E-state index is 13.6. The van der Waals surface area contributed by atoms with E-state index < -0.39 is 4.92 Å². The van der Waals surface area contributed by atoms with Crippen molar-refractivity contribution >= 4 is 29.5 Å². The quantitative estimate of drug-likeness (QED) is 0.159. The van der Waals surface area contributed by atoms with E-state index in [0.717, 1.165) is 53.2 Å². The number of non-ortho nitro benzene ring substituents is 1. The van der Waals surface area contributed by atoms with Gasteiger partial charge in [-0.1, -0.05) is 36.4 Å². The van der Waals surface area contributed by atoms with Crippen LogP contribution >= 0.6 is 0 Å². The number of rotatable bonds is 9. The number of hydrogen-bond acceptors (Lipinski definition) is 6. The summed E-state index contributed by atoms with van der Waals surface area (Å²) in [6.45, 7) is 5.10. The van der Waals surface area contributed by atoms with Gasteiger partial charge in [-0.15, -0.1) is 0 Å². The number of benzene rings is 3. The Hall–Kier alpha value is -4.72. The van der Waals surface area contributed by atoms with E-state index in [0.29, 0.717) is 18.8 Å². The minimum atomic E-state index is -0.448. The third kappa shape index (κ3) is 6.38. The lowest BCUT2D eigenvalue weighted by molar-refractivity contribution is -0.384. The fourth-order valence-corrected chi connectivity index (χ4v) is 5.46. The van der Waals surface area contributed by atoms with Crippen molar-refractivity contribution in [2.75, 3.05) is 13.2 Å². The molecule has 0 bridgehead atoms. The number of nitro groups is 1. The Bertz CT molecular complexity index is 1490. The van der Waals surface area contributed by atoms with E-state index in [4.69, 9.17) is 14.6 Å². The number of ether oxygens (including phenoxy) is 2. The van der Waals surface area contributed by atoms with Gasteiger partial charge in [-0.3, -0.25) is 14.9 Å². The molecule has 1 aliphatic carbocycles. The number of amides is 1. The van der Waals surface area contributed by atoms with E-state index in [1.165, 1.54) is 18.2 Å². The van der Waals surface area contributed by atoms with Crippen molar-refractivity contribution in [2.24, 2.45) is 11.0 Å². The average molecular weight is 552 g/mol. The number of fused-ring (bicyclic) bond motifs is 1. The first-order valence-corrected chi connectivity index (χ1v) is 14.0. The minimum absolute atomic E-state index is 0.0247. The van der Waals surface area contributed by atoms with Crippen LogP contribution in [0.3, 0.4) is 0 Å². The van der Waals surface area contributed by atoms with Crippen LogP contribution in [0.25, 0.3) is 12.2 Å². The van der Waals surface area contributed by atoms with Gasteiger partial charge in [0.1, 0.15) is 11.5 Å². The molecule has 3 aromatic carbocycles. The molecule has 1 fully saturated rings. The first-order chi connectivity index (χ1) is 20.0. The largest absolute Gasteiger partial charge is 0.494 e. The highest BCUT2D eigenvalue weighted by atomic mass is 16.6. The van der Waals surface area contributed by atoms with Gasteiger partial charge in [0.05, 0.1) is 29.9 Å². The molecule has 2 aliphatic rings. The van der Waals surface area contributed by atoms with Crippen molar-refractivity contribution in [3.8, 4) is 11.5 Å². The third-order valence-electron chi connectivity index (χ3n) is 7.29. The van der Waals surface area contributed by atoms with Gasteiger partial charge in [-0.2, -0.15) is 5.10 Å². The summed E-state index contributed by atoms with van der Waals surface area (Å²) >= 11 is 0. The molecule has 1 heterocycles. The van der Waals surface area contributed by atoms with Crippen molar-refractivity contribution in [2.45, 2.75) is 39.2 Å². The molecular weight excluding hydrogens is 518 g/mol. The number of carbonyl (C=O) groups excluding carboxylic acids is 1. The Kier molecular flexibility index (Phi) is 8.58. The molecule has 0 spiro atoms. The van der Waals surface area contributed by atoms with Gasteiger partial charge in [-0.25, -0.2) is 5.01 Å². The van der Waals surface area contributed by atoms with Gasteiger partial charge in [0.25, 0.3) is 11.6 Å². The van der Waals surface area contributed by atoms with Crippen LogP contribution in [0.1, 0.15) is 55.8 Å². The Morgan fingerprint density at radius 3 is 2.34 bits per heavy atom. The summed E-state index contributed by atoms with van der Waals surface area (Å²) < 4.78 is 11.2. The smallest absolute Gasteiger partial charge is 0.270 e. The van der Waals surface area contributed by atoms with Crippen LogP contribution in [0, 0.1) is 16.0 Å². The molecule has 2 atom stereocenters. The van der Waals surface area contributed by atoms with Crippen molar-refractivity contribution in [1.82, 2.24) is 5.01 Å². The molecule has 3 aromatic rings. The van der Waals surface area contributed by atoms with E-state index in [2.05, 4.69) is 6.08 Å². The summed E-state index contributed by atoms with van der Waals surface area (Å²) in [4.78, 5) is 24.4. The van der Waals surface area contributed by atoms with Crippen LogP contribution in [-0.2, 0) is 4.79 Å². The molecule has 0 N–H and O–H groups in total. The van der Waals surface area contributed by atoms with Crippen LogP contribution in [0.4, 0.5) is 5.69 Å². The first kappa shape index (κ1) is 27.8. The highest BCUT2D eigenvalue weighted by Gasteiger charge is 2.43. The number of carbonyl (C=O) groups is 1. The Balaban J connectivity index is 1.48. The van der Waals surface area contributed by atoms with E-state index in [1.54, 1.807) is 23.2 Å².